The van der Waals surface area contributed by atoms with Crippen molar-refractivity contribution in [1.29, 1.82) is 0 Å². The van der Waals surface area contributed by atoms with Gasteiger partial charge in [-0.15, -0.1) is 0 Å². The third-order valence-corrected chi connectivity index (χ3v) is 3.57. The van der Waals surface area contributed by atoms with Gasteiger partial charge in [0.15, 0.2) is 0 Å². The van der Waals surface area contributed by atoms with Crippen LogP contribution >= 0.6 is 0 Å². The van der Waals surface area contributed by atoms with E-state index in [2.05, 4.69) is 5.32 Å². The molecule has 6 nitrogen and oxygen atoms in total. The fourth-order valence-corrected chi connectivity index (χ4v) is 2.44. The number of urea groups is 1. The Labute approximate surface area is 123 Å². The number of likely N-dealkylation sites (tertiary alicyclic amines) is 1. The molecule has 1 aliphatic rings. The highest BCUT2D eigenvalue weighted by atomic mass is 16.5. The van der Waals surface area contributed by atoms with E-state index in [4.69, 9.17) is 9.84 Å². The highest BCUT2D eigenvalue weighted by Gasteiger charge is 2.31. The lowest BCUT2D eigenvalue weighted by Crippen LogP contribution is -2.54. The van der Waals surface area contributed by atoms with Crippen molar-refractivity contribution in [2.24, 2.45) is 5.92 Å². The minimum atomic E-state index is -0.809. The molecule has 1 saturated heterocycles. The van der Waals surface area contributed by atoms with Gasteiger partial charge in [0, 0.05) is 25.6 Å². The number of nitrogens with one attached hydrogen (secondary N) is 1. The van der Waals surface area contributed by atoms with E-state index in [1.807, 2.05) is 24.3 Å². The van der Waals surface area contributed by atoms with E-state index in [1.54, 1.807) is 12.0 Å². The van der Waals surface area contributed by atoms with Gasteiger partial charge in [-0.3, -0.25) is 4.79 Å². The third-order valence-electron chi connectivity index (χ3n) is 3.57. The van der Waals surface area contributed by atoms with Crippen molar-refractivity contribution in [2.45, 2.75) is 12.8 Å². The van der Waals surface area contributed by atoms with E-state index in [0.717, 1.165) is 11.3 Å². The standard InChI is InChI=1S/C15H20N2O4/c1-21-13-5-3-2-4-12(13)6-7-16-15(20)17-9-11(10-17)8-14(18)19/h2-5,11H,6-10H2,1H3,(H,16,20)(H,18,19). The summed E-state index contributed by atoms with van der Waals surface area (Å²) in [5, 5.41) is 11.5. The van der Waals surface area contributed by atoms with Gasteiger partial charge in [0.1, 0.15) is 5.75 Å². The summed E-state index contributed by atoms with van der Waals surface area (Å²) in [5.74, 6) is 0.0934. The lowest BCUT2D eigenvalue weighted by atomic mass is 9.97. The van der Waals surface area contributed by atoms with Crippen LogP contribution in [0.3, 0.4) is 0 Å². The zero-order chi connectivity index (χ0) is 15.2. The Morgan fingerprint density at radius 3 is 2.76 bits per heavy atom. The number of hydrogen-bond acceptors (Lipinski definition) is 3. The number of rotatable bonds is 6. The number of carbonyl (C=O) groups excluding carboxylic acids is 1. The molecule has 114 valence electrons. The van der Waals surface area contributed by atoms with E-state index < -0.39 is 5.97 Å². The molecule has 0 spiro atoms. The minimum absolute atomic E-state index is 0.0856. The molecule has 0 atom stereocenters. The molecule has 2 N–H and O–H groups in total. The highest BCUT2D eigenvalue weighted by molar-refractivity contribution is 5.75. The van der Waals surface area contributed by atoms with Gasteiger partial charge in [0.05, 0.1) is 13.5 Å². The van der Waals surface area contributed by atoms with Gasteiger partial charge in [-0.05, 0) is 18.1 Å². The maximum atomic E-state index is 11.8. The molecule has 0 unspecified atom stereocenters. The number of carboxylic acids is 1. The van der Waals surface area contributed by atoms with Gasteiger partial charge in [0.25, 0.3) is 0 Å². The van der Waals surface area contributed by atoms with Crippen LogP contribution in [0.4, 0.5) is 4.79 Å². The summed E-state index contributed by atoms with van der Waals surface area (Å²) in [4.78, 5) is 24.0. The van der Waals surface area contributed by atoms with Crippen LogP contribution in [0.2, 0.25) is 0 Å². The van der Waals surface area contributed by atoms with Gasteiger partial charge in [-0.1, -0.05) is 18.2 Å². The normalized spacial score (nSPS) is 14.4. The van der Waals surface area contributed by atoms with E-state index in [1.165, 1.54) is 0 Å². The fourth-order valence-electron chi connectivity index (χ4n) is 2.44. The van der Waals surface area contributed by atoms with E-state index in [-0.39, 0.29) is 18.4 Å². The average molecular weight is 292 g/mol. The molecule has 2 rings (SSSR count). The molecule has 1 aromatic rings. The summed E-state index contributed by atoms with van der Waals surface area (Å²) in [6, 6.07) is 7.57. The van der Waals surface area contributed by atoms with Crippen LogP contribution < -0.4 is 10.1 Å². The van der Waals surface area contributed by atoms with Crippen molar-refractivity contribution in [2.75, 3.05) is 26.7 Å². The summed E-state index contributed by atoms with van der Waals surface area (Å²) in [6.07, 6.45) is 0.827. The first-order chi connectivity index (χ1) is 10.1. The molecule has 0 radical (unpaired) electrons. The third kappa shape index (κ3) is 4.11. The number of benzene rings is 1. The number of ether oxygens (including phenoxy) is 1. The molecule has 1 aliphatic heterocycles. The summed E-state index contributed by atoms with van der Waals surface area (Å²) in [7, 11) is 1.63. The van der Waals surface area contributed by atoms with Crippen LogP contribution in [0, 0.1) is 5.92 Å². The summed E-state index contributed by atoms with van der Waals surface area (Å²) in [5.41, 5.74) is 1.05. The van der Waals surface area contributed by atoms with Crippen molar-refractivity contribution >= 4 is 12.0 Å². The van der Waals surface area contributed by atoms with Gasteiger partial charge in [-0.25, -0.2) is 4.79 Å². The van der Waals surface area contributed by atoms with Crippen molar-refractivity contribution in [3.63, 3.8) is 0 Å². The van der Waals surface area contributed by atoms with Gasteiger partial charge in [0.2, 0.25) is 0 Å². The monoisotopic (exact) mass is 292 g/mol. The first-order valence-electron chi connectivity index (χ1n) is 6.96. The molecule has 1 heterocycles. The number of hydrogen-bond donors (Lipinski definition) is 2. The van der Waals surface area contributed by atoms with E-state index in [9.17, 15) is 9.59 Å². The van der Waals surface area contributed by atoms with Gasteiger partial charge >= 0.3 is 12.0 Å². The largest absolute Gasteiger partial charge is 0.496 e. The number of methoxy groups -OCH3 is 1. The van der Waals surface area contributed by atoms with Crippen LogP contribution in [0.5, 0.6) is 5.75 Å². The second kappa shape index (κ2) is 6.97. The van der Waals surface area contributed by atoms with Crippen LogP contribution in [-0.4, -0.2) is 48.8 Å². The average Bonchev–Trinajstić information content (AvgIpc) is 2.42. The van der Waals surface area contributed by atoms with Crippen molar-refractivity contribution < 1.29 is 19.4 Å². The first-order valence-corrected chi connectivity index (χ1v) is 6.96. The maximum Gasteiger partial charge on any atom is 0.317 e. The van der Waals surface area contributed by atoms with Crippen molar-refractivity contribution in [3.05, 3.63) is 29.8 Å². The van der Waals surface area contributed by atoms with Crippen LogP contribution in [0.15, 0.2) is 24.3 Å². The number of amides is 2. The number of nitrogens with zero attached hydrogens (tertiary/aromatic N) is 1. The quantitative estimate of drug-likeness (QED) is 0.829. The summed E-state index contributed by atoms with van der Waals surface area (Å²) < 4.78 is 5.25. The second-order valence-electron chi connectivity index (χ2n) is 5.16. The zero-order valence-corrected chi connectivity index (χ0v) is 12.0. The summed E-state index contributed by atoms with van der Waals surface area (Å²) >= 11 is 0. The van der Waals surface area contributed by atoms with Crippen LogP contribution in [0.25, 0.3) is 0 Å². The number of carboxylic acid groups (broad SMARTS) is 1. The second-order valence-corrected chi connectivity index (χ2v) is 5.16. The van der Waals surface area contributed by atoms with E-state index in [0.29, 0.717) is 26.1 Å². The number of para-hydroxylation sites is 1. The first kappa shape index (κ1) is 15.2. The predicted octanol–water partition coefficient (Wildman–Crippen LogP) is 1.35. The molecule has 0 aromatic heterocycles. The number of carbonyl (C=O) groups is 2. The molecular formula is C15H20N2O4. The maximum absolute atomic E-state index is 11.8. The van der Waals surface area contributed by atoms with Crippen molar-refractivity contribution in [3.8, 4) is 5.75 Å². The molecule has 1 fully saturated rings. The van der Waals surface area contributed by atoms with E-state index >= 15 is 0 Å². The topological polar surface area (TPSA) is 78.9 Å². The number of aliphatic carboxylic acids is 1. The lowest BCUT2D eigenvalue weighted by Gasteiger charge is -2.38. The molecule has 6 heteroatoms. The Balaban J connectivity index is 1.70. The fraction of sp³-hybridized carbons (Fsp3) is 0.467. The molecule has 2 amide bonds. The Kier molecular flexibility index (Phi) is 5.03. The highest BCUT2D eigenvalue weighted by Crippen LogP contribution is 2.19. The zero-order valence-electron chi connectivity index (χ0n) is 12.0. The minimum Gasteiger partial charge on any atom is -0.496 e. The lowest BCUT2D eigenvalue weighted by molar-refractivity contribution is -0.139. The summed E-state index contributed by atoms with van der Waals surface area (Å²) in [6.45, 7) is 1.57. The Morgan fingerprint density at radius 2 is 2.10 bits per heavy atom. The van der Waals surface area contributed by atoms with Gasteiger partial charge in [-0.2, -0.15) is 0 Å². The Bertz CT molecular complexity index is 512. The van der Waals surface area contributed by atoms with Crippen LogP contribution in [-0.2, 0) is 11.2 Å². The van der Waals surface area contributed by atoms with Gasteiger partial charge < -0.3 is 20.1 Å². The molecule has 21 heavy (non-hydrogen) atoms. The SMILES string of the molecule is COc1ccccc1CCNC(=O)N1CC(CC(=O)O)C1. The molecule has 0 saturated carbocycles. The van der Waals surface area contributed by atoms with Crippen LogP contribution in [0.1, 0.15) is 12.0 Å². The molecule has 0 bridgehead atoms. The Hall–Kier alpha value is -2.24. The van der Waals surface area contributed by atoms with Crippen molar-refractivity contribution in [1.82, 2.24) is 10.2 Å². The molecule has 0 aliphatic carbocycles. The Morgan fingerprint density at radius 1 is 1.38 bits per heavy atom. The predicted molar refractivity (Wildman–Crippen MR) is 77.4 cm³/mol. The molecular weight excluding hydrogens is 272 g/mol. The molecule has 1 aromatic carbocycles. The smallest absolute Gasteiger partial charge is 0.317 e.